The minimum Gasteiger partial charge on any atom is -0.355 e. The van der Waals surface area contributed by atoms with Gasteiger partial charge in [-0.15, -0.1) is 0 Å². The Kier molecular flexibility index (Phi) is 2.67. The SMILES string of the molecule is CCc1ccc(-c2cc3cc(C)ccc3[nH]2)cc1. The van der Waals surface area contributed by atoms with Crippen molar-refractivity contribution in [1.29, 1.82) is 0 Å². The van der Waals surface area contributed by atoms with E-state index < -0.39 is 0 Å². The summed E-state index contributed by atoms with van der Waals surface area (Å²) >= 11 is 0. The lowest BCUT2D eigenvalue weighted by Crippen LogP contribution is -1.81. The highest BCUT2D eigenvalue weighted by Crippen LogP contribution is 2.25. The zero-order valence-corrected chi connectivity index (χ0v) is 10.8. The van der Waals surface area contributed by atoms with Crippen LogP contribution in [0.25, 0.3) is 22.2 Å². The normalized spacial score (nSPS) is 11.0. The number of hydrogen-bond acceptors (Lipinski definition) is 0. The molecule has 0 aliphatic heterocycles. The maximum Gasteiger partial charge on any atom is 0.0464 e. The molecule has 0 aliphatic rings. The molecule has 0 aliphatic carbocycles. The molecule has 0 atom stereocenters. The number of rotatable bonds is 2. The zero-order chi connectivity index (χ0) is 12.5. The molecule has 90 valence electrons. The third-order valence-electron chi connectivity index (χ3n) is 3.45. The van der Waals surface area contributed by atoms with Crippen molar-refractivity contribution in [2.45, 2.75) is 20.3 Å². The van der Waals surface area contributed by atoms with Crippen LogP contribution in [0.1, 0.15) is 18.1 Å². The van der Waals surface area contributed by atoms with Crippen LogP contribution in [-0.2, 0) is 6.42 Å². The Labute approximate surface area is 107 Å². The Hall–Kier alpha value is -2.02. The zero-order valence-electron chi connectivity index (χ0n) is 10.8. The van der Waals surface area contributed by atoms with Crippen LogP contribution in [0.15, 0.2) is 48.5 Å². The van der Waals surface area contributed by atoms with Gasteiger partial charge in [0.1, 0.15) is 0 Å². The number of H-pyrrole nitrogens is 1. The van der Waals surface area contributed by atoms with Crippen molar-refractivity contribution in [2.24, 2.45) is 0 Å². The third-order valence-corrected chi connectivity index (χ3v) is 3.45. The summed E-state index contributed by atoms with van der Waals surface area (Å²) in [7, 11) is 0. The van der Waals surface area contributed by atoms with Crippen LogP contribution in [0.4, 0.5) is 0 Å². The molecule has 3 rings (SSSR count). The van der Waals surface area contributed by atoms with E-state index in [0.717, 1.165) is 6.42 Å². The lowest BCUT2D eigenvalue weighted by molar-refractivity contribution is 1.14. The van der Waals surface area contributed by atoms with E-state index in [-0.39, 0.29) is 0 Å². The number of fused-ring (bicyclic) bond motifs is 1. The van der Waals surface area contributed by atoms with Crippen molar-refractivity contribution < 1.29 is 0 Å². The molecular weight excluding hydrogens is 218 g/mol. The van der Waals surface area contributed by atoms with Gasteiger partial charge in [-0.25, -0.2) is 0 Å². The summed E-state index contributed by atoms with van der Waals surface area (Å²) in [5.41, 5.74) is 6.33. The van der Waals surface area contributed by atoms with E-state index in [1.807, 2.05) is 0 Å². The summed E-state index contributed by atoms with van der Waals surface area (Å²) in [4.78, 5) is 3.48. The van der Waals surface area contributed by atoms with Gasteiger partial charge in [0, 0.05) is 16.6 Å². The summed E-state index contributed by atoms with van der Waals surface area (Å²) < 4.78 is 0. The van der Waals surface area contributed by atoms with Crippen LogP contribution in [-0.4, -0.2) is 4.98 Å². The molecule has 1 N–H and O–H groups in total. The largest absolute Gasteiger partial charge is 0.355 e. The van der Waals surface area contributed by atoms with E-state index in [9.17, 15) is 0 Å². The van der Waals surface area contributed by atoms with E-state index >= 15 is 0 Å². The number of hydrogen-bond donors (Lipinski definition) is 1. The van der Waals surface area contributed by atoms with Crippen LogP contribution in [0.5, 0.6) is 0 Å². The second kappa shape index (κ2) is 4.34. The van der Waals surface area contributed by atoms with Gasteiger partial charge in [0.05, 0.1) is 0 Å². The maximum absolute atomic E-state index is 3.48. The first-order chi connectivity index (χ1) is 8.76. The average molecular weight is 235 g/mol. The highest BCUT2D eigenvalue weighted by molar-refractivity contribution is 5.86. The van der Waals surface area contributed by atoms with Crippen LogP contribution >= 0.6 is 0 Å². The standard InChI is InChI=1S/C17H17N/c1-3-13-5-7-14(8-6-13)17-11-15-10-12(2)4-9-16(15)18-17/h4-11,18H,3H2,1-2H3. The minimum atomic E-state index is 1.09. The quantitative estimate of drug-likeness (QED) is 0.662. The molecule has 0 bridgehead atoms. The van der Waals surface area contributed by atoms with Gasteiger partial charge in [-0.1, -0.05) is 42.8 Å². The molecule has 0 radical (unpaired) electrons. The first kappa shape index (κ1) is 11.1. The fourth-order valence-electron chi connectivity index (χ4n) is 2.33. The minimum absolute atomic E-state index is 1.09. The Morgan fingerprint density at radius 3 is 2.44 bits per heavy atom. The molecule has 0 saturated carbocycles. The number of aromatic amines is 1. The maximum atomic E-state index is 3.48. The number of nitrogens with one attached hydrogen (secondary N) is 1. The van der Waals surface area contributed by atoms with Crippen LogP contribution in [0, 0.1) is 6.92 Å². The molecule has 1 nitrogen and oxygen atoms in total. The summed E-state index contributed by atoms with van der Waals surface area (Å²) in [5.74, 6) is 0. The van der Waals surface area contributed by atoms with Crippen molar-refractivity contribution in [3.8, 4) is 11.3 Å². The molecule has 0 saturated heterocycles. The number of aryl methyl sites for hydroxylation is 2. The monoisotopic (exact) mass is 235 g/mol. The molecule has 3 aromatic rings. The van der Waals surface area contributed by atoms with E-state index in [4.69, 9.17) is 0 Å². The molecule has 1 heterocycles. The Morgan fingerprint density at radius 1 is 0.944 bits per heavy atom. The van der Waals surface area contributed by atoms with Crippen LogP contribution in [0.2, 0.25) is 0 Å². The van der Waals surface area contributed by atoms with Gasteiger partial charge in [-0.05, 0) is 42.7 Å². The Morgan fingerprint density at radius 2 is 1.72 bits per heavy atom. The van der Waals surface area contributed by atoms with E-state index in [1.165, 1.54) is 33.3 Å². The second-order valence-corrected chi connectivity index (χ2v) is 4.82. The number of aromatic nitrogens is 1. The highest BCUT2D eigenvalue weighted by Gasteiger charge is 2.03. The predicted molar refractivity (Wildman–Crippen MR) is 77.8 cm³/mol. The average Bonchev–Trinajstić information content (AvgIpc) is 2.81. The topological polar surface area (TPSA) is 15.8 Å². The lowest BCUT2D eigenvalue weighted by Gasteiger charge is -1.99. The van der Waals surface area contributed by atoms with Gasteiger partial charge in [0.25, 0.3) is 0 Å². The van der Waals surface area contributed by atoms with Crippen molar-refractivity contribution in [2.75, 3.05) is 0 Å². The van der Waals surface area contributed by atoms with Crippen molar-refractivity contribution in [3.63, 3.8) is 0 Å². The fourth-order valence-corrected chi connectivity index (χ4v) is 2.33. The van der Waals surface area contributed by atoms with Crippen molar-refractivity contribution in [3.05, 3.63) is 59.7 Å². The van der Waals surface area contributed by atoms with E-state index in [0.29, 0.717) is 0 Å². The molecule has 1 heteroatoms. The summed E-state index contributed by atoms with van der Waals surface area (Å²) in [5, 5.41) is 1.28. The van der Waals surface area contributed by atoms with Crippen molar-refractivity contribution in [1.82, 2.24) is 4.98 Å². The Bertz CT molecular complexity index is 674. The van der Waals surface area contributed by atoms with E-state index in [1.54, 1.807) is 0 Å². The molecule has 18 heavy (non-hydrogen) atoms. The van der Waals surface area contributed by atoms with Gasteiger partial charge in [-0.3, -0.25) is 0 Å². The third kappa shape index (κ3) is 1.92. The first-order valence-electron chi connectivity index (χ1n) is 6.45. The highest BCUT2D eigenvalue weighted by atomic mass is 14.7. The first-order valence-corrected chi connectivity index (χ1v) is 6.45. The molecule has 2 aromatic carbocycles. The van der Waals surface area contributed by atoms with E-state index in [2.05, 4.69) is 67.4 Å². The van der Waals surface area contributed by atoms with Gasteiger partial charge in [0.15, 0.2) is 0 Å². The Balaban J connectivity index is 2.07. The lowest BCUT2D eigenvalue weighted by atomic mass is 10.1. The molecule has 0 fully saturated rings. The fraction of sp³-hybridized carbons (Fsp3) is 0.176. The van der Waals surface area contributed by atoms with Gasteiger partial charge >= 0.3 is 0 Å². The van der Waals surface area contributed by atoms with Gasteiger partial charge in [0.2, 0.25) is 0 Å². The molecule has 0 unspecified atom stereocenters. The summed E-state index contributed by atoms with van der Waals surface area (Å²) in [6.07, 6.45) is 1.09. The van der Waals surface area contributed by atoms with Gasteiger partial charge in [-0.2, -0.15) is 0 Å². The molecule has 0 spiro atoms. The summed E-state index contributed by atoms with van der Waals surface area (Å²) in [6.45, 7) is 4.31. The number of benzene rings is 2. The van der Waals surface area contributed by atoms with Crippen LogP contribution in [0.3, 0.4) is 0 Å². The van der Waals surface area contributed by atoms with Gasteiger partial charge < -0.3 is 4.98 Å². The molecule has 0 amide bonds. The smallest absolute Gasteiger partial charge is 0.0464 e. The summed E-state index contributed by atoms with van der Waals surface area (Å²) in [6, 6.07) is 17.5. The molecule has 1 aromatic heterocycles. The van der Waals surface area contributed by atoms with Crippen LogP contribution < -0.4 is 0 Å². The second-order valence-electron chi connectivity index (χ2n) is 4.82. The molecular formula is C17H17N. The predicted octanol–water partition coefficient (Wildman–Crippen LogP) is 4.71. The van der Waals surface area contributed by atoms with Crippen molar-refractivity contribution >= 4 is 10.9 Å².